The third-order valence-corrected chi connectivity index (χ3v) is 5.63. The van der Waals surface area contributed by atoms with Gasteiger partial charge in [0.25, 0.3) is 0 Å². The van der Waals surface area contributed by atoms with Gasteiger partial charge in [-0.15, -0.1) is 0 Å². The number of rotatable bonds is 7. The maximum Gasteiger partial charge on any atom is 0.0322 e. The molecule has 20 heavy (non-hydrogen) atoms. The van der Waals surface area contributed by atoms with Gasteiger partial charge in [-0.25, -0.2) is 0 Å². The van der Waals surface area contributed by atoms with Crippen molar-refractivity contribution in [2.24, 2.45) is 0 Å². The molecule has 0 spiro atoms. The standard InChI is InChI=1S/C18H29NS/c1-3-4-10-18(15-8-6-5-7-9-15)19-16-11-13-17(20-2)14-12-16/h5-9,16-19H,3-4,10-14H2,1-2H3. The minimum atomic E-state index is 0.548. The van der Waals surface area contributed by atoms with E-state index in [9.17, 15) is 0 Å². The number of hydrogen-bond acceptors (Lipinski definition) is 2. The molecule has 1 atom stereocenters. The molecule has 1 nitrogen and oxygen atoms in total. The zero-order chi connectivity index (χ0) is 14.2. The Morgan fingerprint density at radius 2 is 1.85 bits per heavy atom. The second kappa shape index (κ2) is 8.74. The van der Waals surface area contributed by atoms with Crippen LogP contribution in [0.25, 0.3) is 0 Å². The van der Waals surface area contributed by atoms with E-state index in [2.05, 4.69) is 48.8 Å². The lowest BCUT2D eigenvalue weighted by Gasteiger charge is -2.32. The quantitative estimate of drug-likeness (QED) is 0.742. The zero-order valence-electron chi connectivity index (χ0n) is 13.0. The van der Waals surface area contributed by atoms with Gasteiger partial charge in [0.1, 0.15) is 0 Å². The fourth-order valence-corrected chi connectivity index (χ4v) is 3.93. The summed E-state index contributed by atoms with van der Waals surface area (Å²) in [4.78, 5) is 0. The molecule has 0 aromatic heterocycles. The molecule has 1 saturated carbocycles. The number of nitrogens with one attached hydrogen (secondary N) is 1. The average molecular weight is 292 g/mol. The highest BCUT2D eigenvalue weighted by Crippen LogP contribution is 2.29. The van der Waals surface area contributed by atoms with Crippen molar-refractivity contribution in [1.29, 1.82) is 0 Å². The summed E-state index contributed by atoms with van der Waals surface area (Å²) in [5.41, 5.74) is 1.47. The fourth-order valence-electron chi connectivity index (χ4n) is 3.19. The van der Waals surface area contributed by atoms with Crippen LogP contribution in [0.4, 0.5) is 0 Å². The Bertz CT molecular complexity index is 357. The minimum Gasteiger partial charge on any atom is -0.307 e. The van der Waals surface area contributed by atoms with Gasteiger partial charge in [0, 0.05) is 17.3 Å². The summed E-state index contributed by atoms with van der Waals surface area (Å²) in [5, 5.41) is 4.84. The molecule has 2 rings (SSSR count). The highest BCUT2D eigenvalue weighted by Gasteiger charge is 2.23. The van der Waals surface area contributed by atoms with Gasteiger partial charge < -0.3 is 5.32 Å². The molecule has 1 fully saturated rings. The largest absolute Gasteiger partial charge is 0.307 e. The van der Waals surface area contributed by atoms with Crippen LogP contribution in [0.5, 0.6) is 0 Å². The first-order valence-electron chi connectivity index (χ1n) is 8.17. The Morgan fingerprint density at radius 1 is 1.15 bits per heavy atom. The van der Waals surface area contributed by atoms with Crippen LogP contribution in [0.2, 0.25) is 0 Å². The number of unbranched alkanes of at least 4 members (excludes halogenated alkanes) is 1. The molecule has 0 amide bonds. The van der Waals surface area contributed by atoms with Crippen molar-refractivity contribution in [3.63, 3.8) is 0 Å². The molecule has 0 aliphatic heterocycles. The summed E-state index contributed by atoms with van der Waals surface area (Å²) in [7, 11) is 0. The van der Waals surface area contributed by atoms with E-state index in [-0.39, 0.29) is 0 Å². The summed E-state index contributed by atoms with van der Waals surface area (Å²) in [6.45, 7) is 2.28. The second-order valence-corrected chi connectivity index (χ2v) is 7.12. The fraction of sp³-hybridized carbons (Fsp3) is 0.667. The van der Waals surface area contributed by atoms with Crippen LogP contribution < -0.4 is 5.32 Å². The molecular formula is C18H29NS. The maximum absolute atomic E-state index is 3.94. The lowest BCUT2D eigenvalue weighted by Crippen LogP contribution is -2.36. The van der Waals surface area contributed by atoms with Crippen LogP contribution in [-0.2, 0) is 0 Å². The first-order chi connectivity index (χ1) is 9.83. The molecule has 1 aliphatic carbocycles. The van der Waals surface area contributed by atoms with Gasteiger partial charge in [-0.2, -0.15) is 11.8 Å². The zero-order valence-corrected chi connectivity index (χ0v) is 13.8. The molecule has 0 bridgehead atoms. The van der Waals surface area contributed by atoms with Crippen molar-refractivity contribution in [1.82, 2.24) is 5.32 Å². The highest BCUT2D eigenvalue weighted by molar-refractivity contribution is 7.99. The Balaban J connectivity index is 1.91. The van der Waals surface area contributed by atoms with E-state index in [0.717, 1.165) is 11.3 Å². The van der Waals surface area contributed by atoms with E-state index in [1.807, 2.05) is 11.8 Å². The summed E-state index contributed by atoms with van der Waals surface area (Å²) in [6.07, 6.45) is 11.6. The topological polar surface area (TPSA) is 12.0 Å². The lowest BCUT2D eigenvalue weighted by molar-refractivity contribution is 0.331. The van der Waals surface area contributed by atoms with Crippen molar-refractivity contribution in [3.8, 4) is 0 Å². The van der Waals surface area contributed by atoms with Crippen LogP contribution >= 0.6 is 11.8 Å². The SMILES string of the molecule is CCCCC(NC1CCC(SC)CC1)c1ccccc1. The van der Waals surface area contributed by atoms with Crippen molar-refractivity contribution >= 4 is 11.8 Å². The van der Waals surface area contributed by atoms with E-state index in [1.54, 1.807) is 0 Å². The average Bonchev–Trinajstić information content (AvgIpc) is 2.53. The van der Waals surface area contributed by atoms with Crippen molar-refractivity contribution in [3.05, 3.63) is 35.9 Å². The van der Waals surface area contributed by atoms with Crippen LogP contribution in [0.3, 0.4) is 0 Å². The first-order valence-corrected chi connectivity index (χ1v) is 9.46. The van der Waals surface area contributed by atoms with Crippen molar-refractivity contribution < 1.29 is 0 Å². The molecule has 112 valence electrons. The van der Waals surface area contributed by atoms with Gasteiger partial charge in [-0.3, -0.25) is 0 Å². The van der Waals surface area contributed by atoms with E-state index < -0.39 is 0 Å². The molecule has 0 heterocycles. The Kier molecular flexibility index (Phi) is 6.95. The predicted molar refractivity (Wildman–Crippen MR) is 91.4 cm³/mol. The molecule has 1 aromatic rings. The smallest absolute Gasteiger partial charge is 0.0322 e. The predicted octanol–water partition coefficient (Wildman–Crippen LogP) is 5.18. The van der Waals surface area contributed by atoms with Crippen LogP contribution in [0.1, 0.15) is 63.5 Å². The van der Waals surface area contributed by atoms with E-state index in [4.69, 9.17) is 0 Å². The Hall–Kier alpha value is -0.470. The van der Waals surface area contributed by atoms with Gasteiger partial charge in [0.05, 0.1) is 0 Å². The molecule has 1 aromatic carbocycles. The van der Waals surface area contributed by atoms with Gasteiger partial charge in [0.2, 0.25) is 0 Å². The van der Waals surface area contributed by atoms with E-state index in [0.29, 0.717) is 6.04 Å². The summed E-state index contributed by atoms with van der Waals surface area (Å²) < 4.78 is 0. The highest BCUT2D eigenvalue weighted by atomic mass is 32.2. The molecule has 0 saturated heterocycles. The van der Waals surface area contributed by atoms with Crippen LogP contribution in [-0.4, -0.2) is 17.5 Å². The molecule has 1 N–H and O–H groups in total. The third-order valence-electron chi connectivity index (χ3n) is 4.49. The Labute approximate surface area is 128 Å². The first kappa shape index (κ1) is 15.9. The molecular weight excluding hydrogens is 262 g/mol. The second-order valence-electron chi connectivity index (χ2n) is 5.98. The molecule has 1 aliphatic rings. The molecule has 1 unspecified atom stereocenters. The number of hydrogen-bond donors (Lipinski definition) is 1. The Morgan fingerprint density at radius 3 is 2.45 bits per heavy atom. The summed E-state index contributed by atoms with van der Waals surface area (Å²) in [5.74, 6) is 0. The van der Waals surface area contributed by atoms with Crippen LogP contribution in [0.15, 0.2) is 30.3 Å². The van der Waals surface area contributed by atoms with E-state index in [1.165, 1.54) is 50.5 Å². The molecule has 0 radical (unpaired) electrons. The molecule has 2 heteroatoms. The third kappa shape index (κ3) is 4.82. The van der Waals surface area contributed by atoms with Crippen molar-refractivity contribution in [2.75, 3.05) is 6.26 Å². The van der Waals surface area contributed by atoms with Gasteiger partial charge in [-0.1, -0.05) is 50.1 Å². The van der Waals surface area contributed by atoms with E-state index >= 15 is 0 Å². The minimum absolute atomic E-state index is 0.548. The monoisotopic (exact) mass is 291 g/mol. The lowest BCUT2D eigenvalue weighted by atomic mass is 9.92. The van der Waals surface area contributed by atoms with Gasteiger partial charge in [-0.05, 0) is 43.9 Å². The van der Waals surface area contributed by atoms with Gasteiger partial charge in [0.15, 0.2) is 0 Å². The summed E-state index contributed by atoms with van der Waals surface area (Å²) in [6, 6.07) is 12.3. The number of thioether (sulfide) groups is 1. The number of benzene rings is 1. The normalized spacial score (nSPS) is 24.5. The van der Waals surface area contributed by atoms with Gasteiger partial charge >= 0.3 is 0 Å². The maximum atomic E-state index is 3.94. The van der Waals surface area contributed by atoms with Crippen molar-refractivity contribution in [2.45, 2.75) is 69.2 Å². The van der Waals surface area contributed by atoms with Crippen LogP contribution in [0, 0.1) is 0 Å². The summed E-state index contributed by atoms with van der Waals surface area (Å²) >= 11 is 2.05.